The molecule has 0 saturated carbocycles. The van der Waals surface area contributed by atoms with Crippen LogP contribution >= 0.6 is 11.6 Å². The van der Waals surface area contributed by atoms with Crippen LogP contribution in [0.25, 0.3) is 0 Å². The van der Waals surface area contributed by atoms with Crippen LogP contribution < -0.4 is 10.5 Å². The van der Waals surface area contributed by atoms with Crippen molar-refractivity contribution in [1.82, 2.24) is 0 Å². The average molecular weight is 483 g/mol. The Kier molecular flexibility index (Phi) is 6.62. The molecule has 0 aliphatic heterocycles. The summed E-state index contributed by atoms with van der Waals surface area (Å²) in [4.78, 5) is 0. The number of aryl methyl sites for hydroxylation is 2. The van der Waals surface area contributed by atoms with Gasteiger partial charge in [-0.25, -0.2) is 0 Å². The number of nitriles is 3. The number of halogens is 1. The maximum Gasteiger partial charge on any atom is 0.191 e. The Morgan fingerprint density at radius 3 is 2.51 bits per heavy atom. The number of rotatable bonds is 4. The van der Waals surface area contributed by atoms with Gasteiger partial charge in [0.2, 0.25) is 0 Å². The van der Waals surface area contributed by atoms with Gasteiger partial charge in [-0.2, -0.15) is 15.8 Å². The molecule has 2 atom stereocenters. The standard InChI is InChI=1S/C29H27ClN4O/c1-17-10-20(14-35-26-9-8-21(30)12-18(26)2)19(3)24(11-17)27-23-7-5-4-6-22(23)25(13-31)28(34)29(27,15-32)16-33/h6,8-12,23,27H,4-5,7,14,34H2,1-3H3/t23-,27+/m1/s1. The topological polar surface area (TPSA) is 107 Å². The summed E-state index contributed by atoms with van der Waals surface area (Å²) in [7, 11) is 0. The molecule has 176 valence electrons. The zero-order chi connectivity index (χ0) is 25.3. The first-order valence-corrected chi connectivity index (χ1v) is 12.1. The Hall–Kier alpha value is -3.72. The van der Waals surface area contributed by atoms with E-state index in [0.717, 1.165) is 58.4 Å². The van der Waals surface area contributed by atoms with E-state index in [0.29, 0.717) is 17.2 Å². The quantitative estimate of drug-likeness (QED) is 0.539. The molecule has 0 bridgehead atoms. The first-order chi connectivity index (χ1) is 16.8. The minimum absolute atomic E-state index is 0.0647. The lowest BCUT2D eigenvalue weighted by atomic mass is 9.56. The van der Waals surface area contributed by atoms with Crippen LogP contribution in [0.4, 0.5) is 0 Å². The SMILES string of the molecule is Cc1cc(COc2ccc(Cl)cc2C)c(C)c([C@@H]2[C@@H]3CCCC=C3C(C#N)=C(N)C2(C#N)C#N)c1. The molecule has 0 radical (unpaired) electrons. The van der Waals surface area contributed by atoms with Crippen molar-refractivity contribution in [2.45, 2.75) is 52.6 Å². The van der Waals surface area contributed by atoms with Crippen LogP contribution in [0.3, 0.4) is 0 Å². The van der Waals surface area contributed by atoms with E-state index in [4.69, 9.17) is 22.1 Å². The summed E-state index contributed by atoms with van der Waals surface area (Å²) in [6, 6.07) is 16.3. The molecule has 2 aliphatic rings. The third-order valence-corrected chi connectivity index (χ3v) is 7.59. The molecular weight excluding hydrogens is 456 g/mol. The summed E-state index contributed by atoms with van der Waals surface area (Å²) in [6.45, 7) is 6.29. The number of ether oxygens (including phenoxy) is 1. The van der Waals surface area contributed by atoms with E-state index in [1.165, 1.54) is 0 Å². The second-order valence-corrected chi connectivity index (χ2v) is 9.88. The third kappa shape index (κ3) is 4.05. The van der Waals surface area contributed by atoms with E-state index in [1.807, 2.05) is 32.9 Å². The molecule has 2 aliphatic carbocycles. The molecule has 2 aromatic rings. The molecule has 0 aromatic heterocycles. The van der Waals surface area contributed by atoms with E-state index in [1.54, 1.807) is 6.07 Å². The molecule has 0 amide bonds. The summed E-state index contributed by atoms with van der Waals surface area (Å²) in [5.74, 6) is 0.149. The molecule has 0 saturated heterocycles. The Morgan fingerprint density at radius 2 is 1.86 bits per heavy atom. The highest BCUT2D eigenvalue weighted by Crippen LogP contribution is 2.56. The van der Waals surface area contributed by atoms with Crippen LogP contribution in [-0.4, -0.2) is 0 Å². The zero-order valence-electron chi connectivity index (χ0n) is 20.2. The second kappa shape index (κ2) is 9.50. The molecule has 5 nitrogen and oxygen atoms in total. The highest BCUT2D eigenvalue weighted by molar-refractivity contribution is 6.30. The van der Waals surface area contributed by atoms with Gasteiger partial charge in [0.15, 0.2) is 5.41 Å². The lowest BCUT2D eigenvalue weighted by molar-refractivity contribution is 0.299. The van der Waals surface area contributed by atoms with Crippen molar-refractivity contribution in [2.75, 3.05) is 0 Å². The lowest BCUT2D eigenvalue weighted by Gasteiger charge is -2.44. The van der Waals surface area contributed by atoms with Crippen LogP contribution in [0.2, 0.25) is 5.02 Å². The van der Waals surface area contributed by atoms with Crippen molar-refractivity contribution in [1.29, 1.82) is 15.8 Å². The maximum atomic E-state index is 10.3. The molecule has 2 aromatic carbocycles. The normalized spacial score (nSPS) is 20.7. The first kappa shape index (κ1) is 24.4. The molecule has 0 heterocycles. The van der Waals surface area contributed by atoms with E-state index in [2.05, 4.69) is 36.4 Å². The largest absolute Gasteiger partial charge is 0.489 e. The highest BCUT2D eigenvalue weighted by Gasteiger charge is 2.54. The van der Waals surface area contributed by atoms with Gasteiger partial charge in [-0.15, -0.1) is 0 Å². The van der Waals surface area contributed by atoms with E-state index in [-0.39, 0.29) is 11.6 Å². The summed E-state index contributed by atoms with van der Waals surface area (Å²) >= 11 is 6.08. The molecule has 4 rings (SSSR count). The number of nitrogens with zero attached hydrogens (tertiary/aromatic N) is 3. The van der Waals surface area contributed by atoms with Gasteiger partial charge in [0.05, 0.1) is 23.4 Å². The molecule has 0 fully saturated rings. The monoisotopic (exact) mass is 482 g/mol. The van der Waals surface area contributed by atoms with E-state index < -0.39 is 11.3 Å². The maximum absolute atomic E-state index is 10.3. The van der Waals surface area contributed by atoms with Crippen molar-refractivity contribution >= 4 is 11.6 Å². The fourth-order valence-corrected chi connectivity index (χ4v) is 5.81. The summed E-state index contributed by atoms with van der Waals surface area (Å²) in [5, 5.41) is 31.2. The van der Waals surface area contributed by atoms with E-state index in [9.17, 15) is 15.8 Å². The van der Waals surface area contributed by atoms with Crippen LogP contribution in [-0.2, 0) is 6.61 Å². The molecule has 0 unspecified atom stereocenters. The van der Waals surface area contributed by atoms with Crippen LogP contribution in [0.15, 0.2) is 53.3 Å². The van der Waals surface area contributed by atoms with Gasteiger partial charge in [-0.3, -0.25) is 0 Å². The van der Waals surface area contributed by atoms with Crippen LogP contribution in [0.1, 0.15) is 53.0 Å². The fourth-order valence-electron chi connectivity index (χ4n) is 5.58. The Bertz CT molecular complexity index is 1370. The smallest absolute Gasteiger partial charge is 0.191 e. The molecule has 35 heavy (non-hydrogen) atoms. The van der Waals surface area contributed by atoms with Crippen molar-refractivity contribution in [3.05, 3.63) is 86.1 Å². The average Bonchev–Trinajstić information content (AvgIpc) is 2.85. The zero-order valence-corrected chi connectivity index (χ0v) is 20.9. The molecule has 2 N–H and O–H groups in total. The summed E-state index contributed by atoms with van der Waals surface area (Å²) < 4.78 is 6.15. The van der Waals surface area contributed by atoms with Crippen LogP contribution in [0.5, 0.6) is 5.75 Å². The summed E-state index contributed by atoms with van der Waals surface area (Å²) in [6.07, 6.45) is 4.65. The predicted molar refractivity (Wildman–Crippen MR) is 135 cm³/mol. The number of benzene rings is 2. The molecule has 6 heteroatoms. The van der Waals surface area contributed by atoms with Gasteiger partial charge in [0, 0.05) is 10.9 Å². The van der Waals surface area contributed by atoms with Crippen molar-refractivity contribution in [3.8, 4) is 24.0 Å². The molecule has 0 spiro atoms. The fraction of sp³-hybridized carbons (Fsp3) is 0.345. The number of hydrogen-bond donors (Lipinski definition) is 1. The Labute approximate surface area is 211 Å². The van der Waals surface area contributed by atoms with Gasteiger partial charge in [0.1, 0.15) is 18.4 Å². The third-order valence-electron chi connectivity index (χ3n) is 7.35. The van der Waals surface area contributed by atoms with Crippen molar-refractivity contribution < 1.29 is 4.74 Å². The van der Waals surface area contributed by atoms with Gasteiger partial charge < -0.3 is 10.5 Å². The highest BCUT2D eigenvalue weighted by atomic mass is 35.5. The summed E-state index contributed by atoms with van der Waals surface area (Å²) in [5.41, 5.74) is 10.9. The number of fused-ring (bicyclic) bond motifs is 1. The van der Waals surface area contributed by atoms with E-state index >= 15 is 0 Å². The predicted octanol–water partition coefficient (Wildman–Crippen LogP) is 6.44. The minimum Gasteiger partial charge on any atom is -0.489 e. The molecular formula is C29H27ClN4O. The van der Waals surface area contributed by atoms with Crippen molar-refractivity contribution in [2.24, 2.45) is 17.1 Å². The number of allylic oxidation sites excluding steroid dienone is 4. The van der Waals surface area contributed by atoms with Crippen molar-refractivity contribution in [3.63, 3.8) is 0 Å². The minimum atomic E-state index is -1.62. The number of hydrogen-bond acceptors (Lipinski definition) is 5. The van der Waals surface area contributed by atoms with Crippen LogP contribution in [0, 0.1) is 66.1 Å². The number of nitrogens with two attached hydrogens (primary N) is 1. The van der Waals surface area contributed by atoms with Gasteiger partial charge >= 0.3 is 0 Å². The second-order valence-electron chi connectivity index (χ2n) is 9.44. The Balaban J connectivity index is 1.85. The lowest BCUT2D eigenvalue weighted by Crippen LogP contribution is -2.43. The Morgan fingerprint density at radius 1 is 1.11 bits per heavy atom. The van der Waals surface area contributed by atoms with Gasteiger partial charge in [-0.1, -0.05) is 35.4 Å². The van der Waals surface area contributed by atoms with Gasteiger partial charge in [-0.05, 0) is 92.0 Å². The van der Waals surface area contributed by atoms with Gasteiger partial charge in [0.25, 0.3) is 0 Å². The first-order valence-electron chi connectivity index (χ1n) is 11.7.